The molecule has 1 heterocycles. The number of benzene rings is 2. The molecule has 2 aromatic carbocycles. The van der Waals surface area contributed by atoms with Crippen LogP contribution in [0, 0.1) is 0 Å². The summed E-state index contributed by atoms with van der Waals surface area (Å²) >= 11 is 0. The molecule has 0 fully saturated rings. The molecule has 0 radical (unpaired) electrons. The largest absolute Gasteiger partial charge is 0.481 e. The average Bonchev–Trinajstić information content (AvgIpc) is 3.09. The maximum Gasteiger partial charge on any atom is 0.335 e. The Morgan fingerprint density at radius 3 is 2.39 bits per heavy atom. The van der Waals surface area contributed by atoms with Gasteiger partial charge in [0.15, 0.2) is 0 Å². The van der Waals surface area contributed by atoms with E-state index < -0.39 is 11.9 Å². The van der Waals surface area contributed by atoms with E-state index in [4.69, 9.17) is 10.2 Å². The van der Waals surface area contributed by atoms with Crippen molar-refractivity contribution in [3.63, 3.8) is 0 Å². The van der Waals surface area contributed by atoms with Gasteiger partial charge in [0.05, 0.1) is 23.4 Å². The van der Waals surface area contributed by atoms with Crippen molar-refractivity contribution in [3.05, 3.63) is 71.4 Å². The Morgan fingerprint density at radius 2 is 1.75 bits per heavy atom. The third kappa shape index (κ3) is 3.29. The zero-order valence-corrected chi connectivity index (χ0v) is 15.2. The first-order chi connectivity index (χ1) is 13.5. The lowest BCUT2D eigenvalue weighted by molar-refractivity contribution is -0.137. The lowest BCUT2D eigenvalue weighted by Gasteiger charge is -2.23. The van der Waals surface area contributed by atoms with Crippen molar-refractivity contribution in [1.82, 2.24) is 9.78 Å². The Balaban J connectivity index is 1.87. The van der Waals surface area contributed by atoms with E-state index in [0.29, 0.717) is 0 Å². The van der Waals surface area contributed by atoms with Gasteiger partial charge < -0.3 is 10.2 Å². The van der Waals surface area contributed by atoms with Gasteiger partial charge in [0.1, 0.15) is 0 Å². The van der Waals surface area contributed by atoms with E-state index >= 15 is 0 Å². The molecule has 0 spiro atoms. The predicted octanol–water partition coefficient (Wildman–Crippen LogP) is 4.13. The molecule has 3 aromatic rings. The van der Waals surface area contributed by atoms with Crippen LogP contribution in [0.1, 0.15) is 46.8 Å². The molecular formula is C22H20N2O4. The van der Waals surface area contributed by atoms with Crippen molar-refractivity contribution >= 4 is 11.9 Å². The summed E-state index contributed by atoms with van der Waals surface area (Å²) in [6, 6.07) is 16.4. The Bertz CT molecular complexity index is 1020. The summed E-state index contributed by atoms with van der Waals surface area (Å²) in [6.07, 6.45) is 2.61. The quantitative estimate of drug-likeness (QED) is 0.698. The second-order valence-electron chi connectivity index (χ2n) is 7.03. The SMILES string of the molecule is O=C(O)CC1CCCc2c1c(-c1ccccc1)nn2-c1ccc(C(=O)O)cc1. The second kappa shape index (κ2) is 7.31. The van der Waals surface area contributed by atoms with Crippen molar-refractivity contribution < 1.29 is 19.8 Å². The zero-order valence-electron chi connectivity index (χ0n) is 15.2. The van der Waals surface area contributed by atoms with Crippen LogP contribution < -0.4 is 0 Å². The second-order valence-corrected chi connectivity index (χ2v) is 7.03. The fourth-order valence-electron chi connectivity index (χ4n) is 3.98. The van der Waals surface area contributed by atoms with Crippen LogP contribution in [0.15, 0.2) is 54.6 Å². The minimum atomic E-state index is -0.972. The number of carboxylic acid groups (broad SMARTS) is 2. The fraction of sp³-hybridized carbons (Fsp3) is 0.227. The van der Waals surface area contributed by atoms with Crippen molar-refractivity contribution in [2.24, 2.45) is 0 Å². The molecule has 1 unspecified atom stereocenters. The Morgan fingerprint density at radius 1 is 1.04 bits per heavy atom. The zero-order chi connectivity index (χ0) is 19.7. The van der Waals surface area contributed by atoms with Gasteiger partial charge in [0.2, 0.25) is 0 Å². The first-order valence-electron chi connectivity index (χ1n) is 9.27. The van der Waals surface area contributed by atoms with Gasteiger partial charge in [0.25, 0.3) is 0 Å². The van der Waals surface area contributed by atoms with E-state index in [2.05, 4.69) is 0 Å². The summed E-state index contributed by atoms with van der Waals surface area (Å²) in [4.78, 5) is 22.6. The summed E-state index contributed by atoms with van der Waals surface area (Å²) in [6.45, 7) is 0. The van der Waals surface area contributed by atoms with Crippen LogP contribution in [-0.4, -0.2) is 31.9 Å². The van der Waals surface area contributed by atoms with E-state index in [1.54, 1.807) is 24.3 Å². The molecule has 1 aliphatic carbocycles. The molecule has 6 heteroatoms. The highest BCUT2D eigenvalue weighted by Crippen LogP contribution is 2.41. The van der Waals surface area contributed by atoms with E-state index in [9.17, 15) is 14.7 Å². The third-order valence-electron chi connectivity index (χ3n) is 5.22. The van der Waals surface area contributed by atoms with Crippen LogP contribution in [0.5, 0.6) is 0 Å². The number of hydrogen-bond acceptors (Lipinski definition) is 3. The van der Waals surface area contributed by atoms with Gasteiger partial charge in [-0.05, 0) is 49.4 Å². The molecule has 0 saturated heterocycles. The maximum atomic E-state index is 11.4. The molecule has 1 atom stereocenters. The van der Waals surface area contributed by atoms with Gasteiger partial charge in [0, 0.05) is 16.8 Å². The van der Waals surface area contributed by atoms with Crippen molar-refractivity contribution in [2.45, 2.75) is 31.6 Å². The average molecular weight is 376 g/mol. The Kier molecular flexibility index (Phi) is 4.69. The van der Waals surface area contributed by atoms with Crippen LogP contribution in [-0.2, 0) is 11.2 Å². The van der Waals surface area contributed by atoms with Gasteiger partial charge in [-0.25, -0.2) is 9.48 Å². The molecule has 0 bridgehead atoms. The molecule has 1 aliphatic rings. The molecule has 0 amide bonds. The maximum absolute atomic E-state index is 11.4. The van der Waals surface area contributed by atoms with E-state index in [1.807, 2.05) is 35.0 Å². The van der Waals surface area contributed by atoms with E-state index in [0.717, 1.165) is 47.5 Å². The predicted molar refractivity (Wildman–Crippen MR) is 104 cm³/mol. The van der Waals surface area contributed by atoms with Crippen LogP contribution in [0.3, 0.4) is 0 Å². The van der Waals surface area contributed by atoms with Crippen LogP contribution in [0.25, 0.3) is 16.9 Å². The van der Waals surface area contributed by atoms with Crippen LogP contribution >= 0.6 is 0 Å². The molecule has 6 nitrogen and oxygen atoms in total. The highest BCUT2D eigenvalue weighted by atomic mass is 16.4. The summed E-state index contributed by atoms with van der Waals surface area (Å²) < 4.78 is 1.84. The highest BCUT2D eigenvalue weighted by Gasteiger charge is 2.31. The van der Waals surface area contributed by atoms with Gasteiger partial charge >= 0.3 is 11.9 Å². The molecule has 2 N–H and O–H groups in total. The fourth-order valence-corrected chi connectivity index (χ4v) is 3.98. The van der Waals surface area contributed by atoms with Gasteiger partial charge in [-0.1, -0.05) is 30.3 Å². The van der Waals surface area contributed by atoms with E-state index in [1.165, 1.54) is 0 Å². The van der Waals surface area contributed by atoms with Gasteiger partial charge in [-0.3, -0.25) is 4.79 Å². The van der Waals surface area contributed by atoms with Crippen LogP contribution in [0.2, 0.25) is 0 Å². The molecule has 142 valence electrons. The Labute approximate surface area is 162 Å². The monoisotopic (exact) mass is 376 g/mol. The summed E-state index contributed by atoms with van der Waals surface area (Å²) in [5.41, 5.74) is 4.78. The summed E-state index contributed by atoms with van der Waals surface area (Å²) in [7, 11) is 0. The molecule has 4 rings (SSSR count). The summed E-state index contributed by atoms with van der Waals surface area (Å²) in [5.74, 6) is -1.86. The standard InChI is InChI=1S/C22H20N2O4/c25-19(26)13-16-7-4-8-18-20(16)21(14-5-2-1-3-6-14)23-24(18)17-11-9-15(10-12-17)22(27)28/h1-3,5-6,9-12,16H,4,7-8,13H2,(H,25,26)(H,27,28). The molecule has 1 aromatic heterocycles. The number of aromatic nitrogens is 2. The smallest absolute Gasteiger partial charge is 0.335 e. The van der Waals surface area contributed by atoms with Gasteiger partial charge in [-0.15, -0.1) is 0 Å². The minimum absolute atomic E-state index is 0.0798. The highest BCUT2D eigenvalue weighted by molar-refractivity contribution is 5.87. The molecule has 28 heavy (non-hydrogen) atoms. The number of carbonyl (C=O) groups is 2. The number of hydrogen-bond donors (Lipinski definition) is 2. The lowest BCUT2D eigenvalue weighted by Crippen LogP contribution is -2.15. The normalized spacial score (nSPS) is 15.8. The number of nitrogens with zero attached hydrogens (tertiary/aromatic N) is 2. The number of aromatic carboxylic acids is 1. The minimum Gasteiger partial charge on any atom is -0.481 e. The topological polar surface area (TPSA) is 92.4 Å². The number of carboxylic acids is 2. The van der Waals surface area contributed by atoms with E-state index in [-0.39, 0.29) is 17.9 Å². The first-order valence-corrected chi connectivity index (χ1v) is 9.27. The summed E-state index contributed by atoms with van der Waals surface area (Å²) in [5, 5.41) is 23.3. The number of aliphatic carboxylic acids is 1. The third-order valence-corrected chi connectivity index (χ3v) is 5.22. The first kappa shape index (κ1) is 18.0. The van der Waals surface area contributed by atoms with Crippen molar-refractivity contribution in [1.29, 1.82) is 0 Å². The Hall–Kier alpha value is -3.41. The molecule has 0 saturated carbocycles. The van der Waals surface area contributed by atoms with Crippen molar-refractivity contribution in [3.8, 4) is 16.9 Å². The lowest BCUT2D eigenvalue weighted by atomic mass is 9.82. The molecule has 0 aliphatic heterocycles. The van der Waals surface area contributed by atoms with Crippen LogP contribution in [0.4, 0.5) is 0 Å². The van der Waals surface area contributed by atoms with Crippen molar-refractivity contribution in [2.75, 3.05) is 0 Å². The number of fused-ring (bicyclic) bond motifs is 1. The van der Waals surface area contributed by atoms with Gasteiger partial charge in [-0.2, -0.15) is 5.10 Å². The molecular weight excluding hydrogens is 356 g/mol. The number of rotatable bonds is 5.